The molecule has 0 radical (unpaired) electrons. The normalized spacial score (nSPS) is 20.5. The summed E-state index contributed by atoms with van der Waals surface area (Å²) in [6, 6.07) is 1.37. The molecule has 1 aliphatic carbocycles. The highest BCUT2D eigenvalue weighted by atomic mass is 16.4. The van der Waals surface area contributed by atoms with Gasteiger partial charge in [-0.3, -0.25) is 4.79 Å². The summed E-state index contributed by atoms with van der Waals surface area (Å²) in [6.07, 6.45) is 7.48. The minimum atomic E-state index is -1.10. The number of carbonyl (C=O) groups excluding carboxylic acids is 1. The highest BCUT2D eigenvalue weighted by Gasteiger charge is 2.39. The first-order valence-corrected chi connectivity index (χ1v) is 8.69. The molecule has 0 unspecified atom stereocenters. The van der Waals surface area contributed by atoms with Crippen LogP contribution in [0.25, 0.3) is 5.95 Å². The van der Waals surface area contributed by atoms with E-state index in [1.165, 1.54) is 16.9 Å². The van der Waals surface area contributed by atoms with Gasteiger partial charge in [0, 0.05) is 19.3 Å². The smallest absolute Gasteiger partial charge is 0.356 e. The number of aromatic nitrogens is 4. The van der Waals surface area contributed by atoms with Crippen molar-refractivity contribution in [2.45, 2.75) is 44.7 Å². The van der Waals surface area contributed by atoms with Gasteiger partial charge >= 0.3 is 5.97 Å². The van der Waals surface area contributed by atoms with Crippen LogP contribution in [0.2, 0.25) is 0 Å². The molecule has 26 heavy (non-hydrogen) atoms. The van der Waals surface area contributed by atoms with Crippen molar-refractivity contribution in [2.75, 3.05) is 16.8 Å². The van der Waals surface area contributed by atoms with Crippen molar-refractivity contribution in [3.8, 4) is 5.95 Å². The first-order valence-electron chi connectivity index (χ1n) is 8.69. The number of hydrogen-bond acceptors (Lipinski definition) is 6. The highest BCUT2D eigenvalue weighted by molar-refractivity contribution is 6.04. The fraction of sp³-hybridized carbons (Fsp3) is 0.471. The van der Waals surface area contributed by atoms with Gasteiger partial charge in [0.2, 0.25) is 5.91 Å². The summed E-state index contributed by atoms with van der Waals surface area (Å²) in [7, 11) is 1.73. The molecule has 1 aliphatic heterocycles. The third-order valence-electron chi connectivity index (χ3n) is 5.18. The van der Waals surface area contributed by atoms with E-state index in [2.05, 4.69) is 20.0 Å². The zero-order chi connectivity index (χ0) is 18.4. The van der Waals surface area contributed by atoms with Crippen molar-refractivity contribution in [1.29, 1.82) is 0 Å². The van der Waals surface area contributed by atoms with Crippen molar-refractivity contribution < 1.29 is 14.7 Å². The molecule has 1 saturated carbocycles. The Labute approximate surface area is 150 Å². The van der Waals surface area contributed by atoms with Crippen LogP contribution in [0.4, 0.5) is 11.5 Å². The Bertz CT molecular complexity index is 873. The van der Waals surface area contributed by atoms with E-state index in [4.69, 9.17) is 5.11 Å². The Morgan fingerprint density at radius 1 is 1.31 bits per heavy atom. The molecule has 1 fully saturated rings. The molecular formula is C17H20N6O3. The molecule has 0 bridgehead atoms. The predicted octanol–water partition coefficient (Wildman–Crippen LogP) is 1.47. The van der Waals surface area contributed by atoms with E-state index < -0.39 is 5.97 Å². The maximum Gasteiger partial charge on any atom is 0.356 e. The molecule has 1 atom stereocenters. The van der Waals surface area contributed by atoms with Gasteiger partial charge in [-0.05, 0) is 25.8 Å². The summed E-state index contributed by atoms with van der Waals surface area (Å²) in [4.78, 5) is 36.3. The summed E-state index contributed by atoms with van der Waals surface area (Å²) in [5.74, 6) is -0.0979. The van der Waals surface area contributed by atoms with Crippen molar-refractivity contribution in [3.63, 3.8) is 0 Å². The number of anilines is 2. The lowest BCUT2D eigenvalue weighted by Gasteiger charge is -2.42. The van der Waals surface area contributed by atoms with Crippen LogP contribution in [-0.2, 0) is 4.79 Å². The van der Waals surface area contributed by atoms with Gasteiger partial charge in [0.05, 0.1) is 6.20 Å². The third kappa shape index (κ3) is 2.51. The third-order valence-corrected chi connectivity index (χ3v) is 5.18. The average Bonchev–Trinajstić information content (AvgIpc) is 3.31. The van der Waals surface area contributed by atoms with Crippen molar-refractivity contribution in [1.82, 2.24) is 19.7 Å². The van der Waals surface area contributed by atoms with Gasteiger partial charge in [0.1, 0.15) is 11.7 Å². The summed E-state index contributed by atoms with van der Waals surface area (Å²) in [5, 5.41) is 13.0. The highest BCUT2D eigenvalue weighted by Crippen LogP contribution is 2.38. The Morgan fingerprint density at radius 3 is 2.69 bits per heavy atom. The monoisotopic (exact) mass is 356 g/mol. The van der Waals surface area contributed by atoms with Crippen LogP contribution in [0.3, 0.4) is 0 Å². The zero-order valence-electron chi connectivity index (χ0n) is 14.7. The molecule has 9 nitrogen and oxygen atoms in total. The van der Waals surface area contributed by atoms with Gasteiger partial charge in [0.25, 0.3) is 5.95 Å². The summed E-state index contributed by atoms with van der Waals surface area (Å²) in [5.41, 5.74) is 0.592. The lowest BCUT2D eigenvalue weighted by atomic mass is 10.1. The average molecular weight is 356 g/mol. The number of hydrogen-bond donors (Lipinski definition) is 1. The lowest BCUT2D eigenvalue weighted by molar-refractivity contribution is -0.119. The van der Waals surface area contributed by atoms with Crippen LogP contribution in [-0.4, -0.2) is 55.9 Å². The molecule has 3 heterocycles. The molecule has 1 N–H and O–H groups in total. The van der Waals surface area contributed by atoms with Gasteiger partial charge in [-0.15, -0.1) is 0 Å². The lowest BCUT2D eigenvalue weighted by Crippen LogP contribution is -2.54. The first-order chi connectivity index (χ1) is 12.5. The number of amides is 1. The quantitative estimate of drug-likeness (QED) is 0.888. The predicted molar refractivity (Wildman–Crippen MR) is 93.7 cm³/mol. The van der Waals surface area contributed by atoms with Crippen molar-refractivity contribution >= 4 is 23.4 Å². The largest absolute Gasteiger partial charge is 0.476 e. The minimum Gasteiger partial charge on any atom is -0.476 e. The van der Waals surface area contributed by atoms with Crippen LogP contribution < -0.4 is 9.80 Å². The molecule has 0 aromatic carbocycles. The standard InChI is InChI=1S/C17H20N6O3/c1-10-15(24)21(2)13-9-18-17(22-8-7-12(20-22)16(25)26)19-14(13)23(10)11-5-3-4-6-11/h7-11H,3-6H2,1-2H3,(H,25,26)/t10-/m1/s1. The fourth-order valence-corrected chi connectivity index (χ4v) is 3.82. The number of aromatic carboxylic acids is 1. The Morgan fingerprint density at radius 2 is 2.04 bits per heavy atom. The topological polar surface area (TPSA) is 104 Å². The molecule has 2 aliphatic rings. The van der Waals surface area contributed by atoms with E-state index in [-0.39, 0.29) is 29.6 Å². The summed E-state index contributed by atoms with van der Waals surface area (Å²) >= 11 is 0. The van der Waals surface area contributed by atoms with Gasteiger partial charge in [-0.2, -0.15) is 10.1 Å². The first kappa shape index (κ1) is 16.5. The number of carbonyl (C=O) groups is 2. The molecule has 136 valence electrons. The number of rotatable bonds is 3. The van der Waals surface area contributed by atoms with E-state index in [0.29, 0.717) is 11.5 Å². The number of nitrogens with zero attached hydrogens (tertiary/aromatic N) is 6. The van der Waals surface area contributed by atoms with E-state index in [0.717, 1.165) is 25.7 Å². The van der Waals surface area contributed by atoms with Crippen LogP contribution >= 0.6 is 0 Å². The molecule has 0 saturated heterocycles. The Balaban J connectivity index is 1.80. The maximum atomic E-state index is 12.6. The number of carboxylic acids is 1. The van der Waals surface area contributed by atoms with E-state index in [9.17, 15) is 9.59 Å². The number of carboxylic acid groups (broad SMARTS) is 1. The maximum absolute atomic E-state index is 12.6. The molecular weight excluding hydrogens is 336 g/mol. The Hall–Kier alpha value is -2.97. The van der Waals surface area contributed by atoms with Crippen LogP contribution in [0.15, 0.2) is 18.5 Å². The van der Waals surface area contributed by atoms with Gasteiger partial charge in [0.15, 0.2) is 11.5 Å². The van der Waals surface area contributed by atoms with Gasteiger partial charge in [-0.25, -0.2) is 14.5 Å². The van der Waals surface area contributed by atoms with Crippen molar-refractivity contribution in [2.24, 2.45) is 0 Å². The molecule has 1 amide bonds. The van der Waals surface area contributed by atoms with Crippen molar-refractivity contribution in [3.05, 3.63) is 24.2 Å². The second-order valence-corrected chi connectivity index (χ2v) is 6.75. The van der Waals surface area contributed by atoms with E-state index in [1.54, 1.807) is 18.1 Å². The Kier molecular flexibility index (Phi) is 3.86. The number of likely N-dealkylation sites (N-methyl/N-ethyl adjacent to an activating group) is 1. The molecule has 4 rings (SSSR count). The zero-order valence-corrected chi connectivity index (χ0v) is 14.7. The number of fused-ring (bicyclic) bond motifs is 1. The molecule has 0 spiro atoms. The van der Waals surface area contributed by atoms with Gasteiger partial charge in [-0.1, -0.05) is 12.8 Å². The molecule has 2 aromatic rings. The second kappa shape index (κ2) is 6.08. The summed E-state index contributed by atoms with van der Waals surface area (Å²) in [6.45, 7) is 1.90. The fourth-order valence-electron chi connectivity index (χ4n) is 3.82. The van der Waals surface area contributed by atoms with Crippen LogP contribution in [0, 0.1) is 0 Å². The second-order valence-electron chi connectivity index (χ2n) is 6.75. The molecule has 2 aromatic heterocycles. The summed E-state index contributed by atoms with van der Waals surface area (Å²) < 4.78 is 1.34. The van der Waals surface area contributed by atoms with E-state index in [1.807, 2.05) is 6.92 Å². The van der Waals surface area contributed by atoms with Crippen LogP contribution in [0.1, 0.15) is 43.1 Å². The molecule has 9 heteroatoms. The van der Waals surface area contributed by atoms with Crippen LogP contribution in [0.5, 0.6) is 0 Å². The van der Waals surface area contributed by atoms with E-state index >= 15 is 0 Å². The van der Waals surface area contributed by atoms with Gasteiger partial charge < -0.3 is 14.9 Å². The SMILES string of the molecule is C[C@@H]1C(=O)N(C)c2cnc(-n3ccc(C(=O)O)n3)nc2N1C1CCCC1. The minimum absolute atomic E-state index is 0.0213.